The number of amides is 1. The summed E-state index contributed by atoms with van der Waals surface area (Å²) in [6.07, 6.45) is 0.774. The fraction of sp³-hybridized carbons (Fsp3) is 0.250. The second-order valence-electron chi connectivity index (χ2n) is 4.48. The highest BCUT2D eigenvalue weighted by molar-refractivity contribution is 7.09. The second-order valence-corrected chi connectivity index (χ2v) is 5.52. The SMILES string of the molecule is COc1ccc(C(=O)OCC(=O)NCCc2cccs2)cc1. The first-order chi connectivity index (χ1) is 10.7. The minimum atomic E-state index is -0.531. The molecule has 0 bridgehead atoms. The van der Waals surface area contributed by atoms with E-state index in [-0.39, 0.29) is 12.5 Å². The van der Waals surface area contributed by atoms with Crippen LogP contribution in [-0.2, 0) is 16.0 Å². The zero-order valence-corrected chi connectivity index (χ0v) is 13.0. The molecule has 22 heavy (non-hydrogen) atoms. The first-order valence-corrected chi connectivity index (χ1v) is 7.67. The third-order valence-electron chi connectivity index (χ3n) is 2.93. The van der Waals surface area contributed by atoms with Crippen molar-refractivity contribution in [1.82, 2.24) is 5.32 Å². The molecule has 0 aliphatic rings. The molecule has 1 heterocycles. The Hall–Kier alpha value is -2.34. The van der Waals surface area contributed by atoms with E-state index in [1.807, 2.05) is 17.5 Å². The van der Waals surface area contributed by atoms with E-state index in [9.17, 15) is 9.59 Å². The van der Waals surface area contributed by atoms with E-state index in [1.165, 1.54) is 4.88 Å². The van der Waals surface area contributed by atoms with E-state index in [1.54, 1.807) is 42.7 Å². The van der Waals surface area contributed by atoms with Crippen molar-refractivity contribution in [3.05, 3.63) is 52.2 Å². The summed E-state index contributed by atoms with van der Waals surface area (Å²) in [6, 6.07) is 10.5. The van der Waals surface area contributed by atoms with Crippen molar-refractivity contribution in [1.29, 1.82) is 0 Å². The Bertz CT molecular complexity index is 608. The molecule has 0 aliphatic heterocycles. The third kappa shape index (κ3) is 4.89. The molecule has 0 fully saturated rings. The Kier molecular flexibility index (Phi) is 5.97. The van der Waals surface area contributed by atoms with Gasteiger partial charge in [0, 0.05) is 11.4 Å². The van der Waals surface area contributed by atoms with Crippen LogP contribution in [0, 0.1) is 0 Å². The first-order valence-electron chi connectivity index (χ1n) is 6.79. The van der Waals surface area contributed by atoms with Crippen molar-refractivity contribution in [2.24, 2.45) is 0 Å². The number of nitrogens with one attached hydrogen (secondary N) is 1. The monoisotopic (exact) mass is 319 g/mol. The Morgan fingerprint density at radius 3 is 2.59 bits per heavy atom. The van der Waals surface area contributed by atoms with E-state index in [0.29, 0.717) is 17.9 Å². The van der Waals surface area contributed by atoms with Crippen LogP contribution in [0.5, 0.6) is 5.75 Å². The number of esters is 1. The summed E-state index contributed by atoms with van der Waals surface area (Å²) in [5.74, 6) is -0.183. The summed E-state index contributed by atoms with van der Waals surface area (Å²) in [7, 11) is 1.55. The summed E-state index contributed by atoms with van der Waals surface area (Å²) in [4.78, 5) is 24.6. The van der Waals surface area contributed by atoms with Crippen LogP contribution < -0.4 is 10.1 Å². The lowest BCUT2D eigenvalue weighted by molar-refractivity contribution is -0.124. The quantitative estimate of drug-likeness (QED) is 0.795. The highest BCUT2D eigenvalue weighted by Crippen LogP contribution is 2.12. The van der Waals surface area contributed by atoms with Gasteiger partial charge in [-0.1, -0.05) is 6.07 Å². The average Bonchev–Trinajstić information content (AvgIpc) is 3.06. The van der Waals surface area contributed by atoms with E-state index < -0.39 is 5.97 Å². The molecule has 0 atom stereocenters. The first kappa shape index (κ1) is 16.0. The van der Waals surface area contributed by atoms with Gasteiger partial charge in [0.1, 0.15) is 5.75 Å². The van der Waals surface area contributed by atoms with Crippen LogP contribution in [0.2, 0.25) is 0 Å². The van der Waals surface area contributed by atoms with E-state index in [0.717, 1.165) is 6.42 Å². The van der Waals surface area contributed by atoms with Crippen LogP contribution >= 0.6 is 11.3 Å². The molecule has 0 saturated heterocycles. The van der Waals surface area contributed by atoms with Crippen molar-refractivity contribution >= 4 is 23.2 Å². The van der Waals surface area contributed by atoms with E-state index in [4.69, 9.17) is 9.47 Å². The van der Waals surface area contributed by atoms with Crippen molar-refractivity contribution in [3.63, 3.8) is 0 Å². The van der Waals surface area contributed by atoms with Gasteiger partial charge in [-0.25, -0.2) is 4.79 Å². The molecule has 1 aromatic carbocycles. The standard InChI is InChI=1S/C16H17NO4S/c1-20-13-6-4-12(5-7-13)16(19)21-11-15(18)17-9-8-14-3-2-10-22-14/h2-7,10H,8-9,11H2,1H3,(H,17,18). The minimum absolute atomic E-state index is 0.282. The molecular formula is C16H17NO4S. The third-order valence-corrected chi connectivity index (χ3v) is 3.87. The van der Waals surface area contributed by atoms with Gasteiger partial charge in [0.05, 0.1) is 12.7 Å². The van der Waals surface area contributed by atoms with Crippen molar-refractivity contribution in [2.45, 2.75) is 6.42 Å². The number of benzene rings is 1. The molecule has 5 nitrogen and oxygen atoms in total. The Balaban J connectivity index is 1.69. The number of thiophene rings is 1. The largest absolute Gasteiger partial charge is 0.497 e. The number of rotatable bonds is 7. The molecule has 0 spiro atoms. The van der Waals surface area contributed by atoms with Gasteiger partial charge in [0.15, 0.2) is 6.61 Å². The van der Waals surface area contributed by atoms with Crippen molar-refractivity contribution in [3.8, 4) is 5.75 Å². The summed E-state index contributed by atoms with van der Waals surface area (Å²) in [6.45, 7) is 0.245. The fourth-order valence-electron chi connectivity index (χ4n) is 1.77. The van der Waals surface area contributed by atoms with Gasteiger partial charge in [0.2, 0.25) is 0 Å². The maximum Gasteiger partial charge on any atom is 0.338 e. The molecule has 0 radical (unpaired) electrons. The topological polar surface area (TPSA) is 64.6 Å². The number of hydrogen-bond acceptors (Lipinski definition) is 5. The summed E-state index contributed by atoms with van der Waals surface area (Å²) < 4.78 is 9.97. The molecule has 0 saturated carbocycles. The molecule has 0 aliphatic carbocycles. The lowest BCUT2D eigenvalue weighted by Gasteiger charge is -2.06. The van der Waals surface area contributed by atoms with E-state index >= 15 is 0 Å². The zero-order valence-electron chi connectivity index (χ0n) is 12.2. The Morgan fingerprint density at radius 2 is 1.95 bits per heavy atom. The number of carbonyl (C=O) groups is 2. The predicted molar refractivity (Wildman–Crippen MR) is 84.3 cm³/mol. The zero-order chi connectivity index (χ0) is 15.8. The Morgan fingerprint density at radius 1 is 1.18 bits per heavy atom. The van der Waals surface area contributed by atoms with Gasteiger partial charge < -0.3 is 14.8 Å². The van der Waals surface area contributed by atoms with Gasteiger partial charge >= 0.3 is 5.97 Å². The fourth-order valence-corrected chi connectivity index (χ4v) is 2.48. The smallest absolute Gasteiger partial charge is 0.338 e. The number of methoxy groups -OCH3 is 1. The molecule has 0 unspecified atom stereocenters. The lowest BCUT2D eigenvalue weighted by Crippen LogP contribution is -2.30. The van der Waals surface area contributed by atoms with Crippen molar-refractivity contribution < 1.29 is 19.1 Å². The van der Waals surface area contributed by atoms with Crippen LogP contribution in [0.25, 0.3) is 0 Å². The summed E-state index contributed by atoms with van der Waals surface area (Å²) in [5, 5.41) is 4.71. The molecule has 2 rings (SSSR count). The number of carbonyl (C=O) groups excluding carboxylic acids is 2. The lowest BCUT2D eigenvalue weighted by atomic mass is 10.2. The molecule has 1 aromatic heterocycles. The molecule has 1 N–H and O–H groups in total. The highest BCUT2D eigenvalue weighted by atomic mass is 32.1. The average molecular weight is 319 g/mol. The minimum Gasteiger partial charge on any atom is -0.497 e. The molecule has 2 aromatic rings. The number of hydrogen-bond donors (Lipinski definition) is 1. The second kappa shape index (κ2) is 8.19. The van der Waals surface area contributed by atoms with Crippen LogP contribution in [0.4, 0.5) is 0 Å². The van der Waals surface area contributed by atoms with Crippen LogP contribution in [0.15, 0.2) is 41.8 Å². The molecule has 1 amide bonds. The normalized spacial score (nSPS) is 10.0. The maximum atomic E-state index is 11.8. The molecule has 116 valence electrons. The molecular weight excluding hydrogens is 302 g/mol. The van der Waals surface area contributed by atoms with E-state index in [2.05, 4.69) is 5.32 Å². The predicted octanol–water partition coefficient (Wildman–Crippen LogP) is 2.27. The highest BCUT2D eigenvalue weighted by Gasteiger charge is 2.10. The van der Waals surface area contributed by atoms with Crippen LogP contribution in [0.1, 0.15) is 15.2 Å². The number of ether oxygens (including phenoxy) is 2. The Labute approximate surface area is 132 Å². The molecule has 6 heteroatoms. The maximum absolute atomic E-state index is 11.8. The van der Waals surface area contributed by atoms with Gasteiger partial charge in [0.25, 0.3) is 5.91 Å². The van der Waals surface area contributed by atoms with Gasteiger partial charge in [-0.05, 0) is 42.1 Å². The van der Waals surface area contributed by atoms with Crippen LogP contribution in [-0.4, -0.2) is 32.1 Å². The summed E-state index contributed by atoms with van der Waals surface area (Å²) >= 11 is 1.65. The van der Waals surface area contributed by atoms with Gasteiger partial charge in [-0.3, -0.25) is 4.79 Å². The summed E-state index contributed by atoms with van der Waals surface area (Å²) in [5.41, 5.74) is 0.382. The van der Waals surface area contributed by atoms with Crippen LogP contribution in [0.3, 0.4) is 0 Å². The van der Waals surface area contributed by atoms with Crippen molar-refractivity contribution in [2.75, 3.05) is 20.3 Å². The van der Waals surface area contributed by atoms with Gasteiger partial charge in [-0.15, -0.1) is 11.3 Å². The van der Waals surface area contributed by atoms with Gasteiger partial charge in [-0.2, -0.15) is 0 Å².